The molecule has 1 aromatic carbocycles. The van der Waals surface area contributed by atoms with Gasteiger partial charge in [-0.15, -0.1) is 0 Å². The molecule has 4 unspecified atom stereocenters. The van der Waals surface area contributed by atoms with Gasteiger partial charge in [0.2, 0.25) is 0 Å². The molecule has 4 atom stereocenters. The molecule has 1 saturated heterocycles. The van der Waals surface area contributed by atoms with Crippen molar-refractivity contribution in [2.24, 2.45) is 4.99 Å². The number of fused-ring (bicyclic) bond motifs is 1. The summed E-state index contributed by atoms with van der Waals surface area (Å²) < 4.78 is 33.1. The first-order valence-corrected chi connectivity index (χ1v) is 10.5. The van der Waals surface area contributed by atoms with E-state index in [1.807, 2.05) is 18.2 Å². The SMILES string of the molecule is CCC1(F)C(O)C(CO)OC1n1ccc(N=C(C)c2ccc3c(c2)OCCCO3)nc1=O. The lowest BCUT2D eigenvalue weighted by Crippen LogP contribution is -2.44. The maximum atomic E-state index is 15.4. The van der Waals surface area contributed by atoms with E-state index in [1.165, 1.54) is 19.2 Å². The Morgan fingerprint density at radius 3 is 2.75 bits per heavy atom. The van der Waals surface area contributed by atoms with Gasteiger partial charge >= 0.3 is 5.69 Å². The molecule has 2 aromatic rings. The third-order valence-electron chi connectivity index (χ3n) is 5.80. The van der Waals surface area contributed by atoms with Gasteiger partial charge in [0.1, 0.15) is 12.2 Å². The van der Waals surface area contributed by atoms with Crippen molar-refractivity contribution in [1.29, 1.82) is 0 Å². The van der Waals surface area contributed by atoms with E-state index < -0.39 is 36.4 Å². The van der Waals surface area contributed by atoms with Crippen LogP contribution < -0.4 is 15.2 Å². The summed E-state index contributed by atoms with van der Waals surface area (Å²) in [5, 5.41) is 19.5. The van der Waals surface area contributed by atoms with Crippen LogP contribution in [0.1, 0.15) is 38.5 Å². The van der Waals surface area contributed by atoms with E-state index in [4.69, 9.17) is 14.2 Å². The smallest absolute Gasteiger partial charge is 0.351 e. The Labute approximate surface area is 184 Å². The molecule has 0 saturated carbocycles. The van der Waals surface area contributed by atoms with Crippen molar-refractivity contribution in [2.75, 3.05) is 19.8 Å². The zero-order chi connectivity index (χ0) is 22.9. The van der Waals surface area contributed by atoms with Crippen molar-refractivity contribution in [1.82, 2.24) is 9.55 Å². The second-order valence-electron chi connectivity index (χ2n) is 7.82. The fourth-order valence-electron chi connectivity index (χ4n) is 3.90. The predicted octanol–water partition coefficient (Wildman–Crippen LogP) is 1.91. The standard InChI is InChI=1S/C22H26FN3O6/c1-3-22(23)19(28)17(12-27)32-20(22)26-8-7-18(25-21(26)29)24-13(2)14-5-6-15-16(11-14)31-10-4-9-30-15/h5-8,11,17,19-20,27-28H,3-4,9-10,12H2,1-2H3. The van der Waals surface area contributed by atoms with Gasteiger partial charge in [0.15, 0.2) is 29.2 Å². The lowest BCUT2D eigenvalue weighted by Gasteiger charge is -2.27. The summed E-state index contributed by atoms with van der Waals surface area (Å²) in [5.74, 6) is 1.45. The fourth-order valence-corrected chi connectivity index (χ4v) is 3.90. The van der Waals surface area contributed by atoms with Crippen molar-refractivity contribution in [3.63, 3.8) is 0 Å². The molecule has 0 aliphatic carbocycles. The number of ether oxygens (including phenoxy) is 3. The topological polar surface area (TPSA) is 115 Å². The number of halogens is 1. The molecule has 9 nitrogen and oxygen atoms in total. The van der Waals surface area contributed by atoms with Gasteiger partial charge in [0.05, 0.1) is 19.8 Å². The third-order valence-corrected chi connectivity index (χ3v) is 5.80. The predicted molar refractivity (Wildman–Crippen MR) is 114 cm³/mol. The number of aliphatic hydroxyl groups is 2. The second-order valence-corrected chi connectivity index (χ2v) is 7.82. The Balaban J connectivity index is 1.61. The second kappa shape index (κ2) is 8.97. The summed E-state index contributed by atoms with van der Waals surface area (Å²) >= 11 is 0. The van der Waals surface area contributed by atoms with E-state index in [9.17, 15) is 15.0 Å². The molecular weight excluding hydrogens is 421 g/mol. The van der Waals surface area contributed by atoms with Crippen LogP contribution in [0.5, 0.6) is 11.5 Å². The van der Waals surface area contributed by atoms with Crippen molar-refractivity contribution < 1.29 is 28.8 Å². The first-order valence-electron chi connectivity index (χ1n) is 10.5. The molecule has 2 aliphatic heterocycles. The van der Waals surface area contributed by atoms with Crippen molar-refractivity contribution in [2.45, 2.75) is 50.8 Å². The van der Waals surface area contributed by atoms with E-state index in [0.29, 0.717) is 30.4 Å². The molecule has 2 N–H and O–H groups in total. The number of hydrogen-bond acceptors (Lipinski definition) is 8. The number of aliphatic hydroxyl groups excluding tert-OH is 2. The highest BCUT2D eigenvalue weighted by Gasteiger charge is 2.57. The third kappa shape index (κ3) is 4.01. The normalized spacial score (nSPS) is 27.9. The number of nitrogens with zero attached hydrogens (tertiary/aromatic N) is 3. The first-order chi connectivity index (χ1) is 15.4. The Morgan fingerprint density at radius 1 is 1.31 bits per heavy atom. The van der Waals surface area contributed by atoms with Gasteiger partial charge in [-0.25, -0.2) is 14.2 Å². The first kappa shape index (κ1) is 22.4. The van der Waals surface area contributed by atoms with E-state index in [-0.39, 0.29) is 12.2 Å². The maximum Gasteiger partial charge on any atom is 0.351 e. The minimum Gasteiger partial charge on any atom is -0.490 e. The van der Waals surface area contributed by atoms with Gasteiger partial charge in [0, 0.05) is 18.3 Å². The molecule has 0 amide bonds. The number of hydrogen-bond donors (Lipinski definition) is 2. The van der Waals surface area contributed by atoms with Crippen LogP contribution in [0.3, 0.4) is 0 Å². The number of aromatic nitrogens is 2. The van der Waals surface area contributed by atoms with Crippen LogP contribution in [0.25, 0.3) is 0 Å². The minimum absolute atomic E-state index is 0.106. The van der Waals surface area contributed by atoms with Gasteiger partial charge in [-0.05, 0) is 43.2 Å². The lowest BCUT2D eigenvalue weighted by atomic mass is 9.93. The molecule has 4 rings (SSSR count). The maximum absolute atomic E-state index is 15.4. The molecular formula is C22H26FN3O6. The Hall–Kier alpha value is -2.82. The van der Waals surface area contributed by atoms with Crippen LogP contribution in [0, 0.1) is 0 Å². The average molecular weight is 447 g/mol. The summed E-state index contributed by atoms with van der Waals surface area (Å²) in [6.45, 7) is 3.91. The van der Waals surface area contributed by atoms with Crippen molar-refractivity contribution >= 4 is 11.5 Å². The van der Waals surface area contributed by atoms with Gasteiger partial charge in [-0.2, -0.15) is 4.98 Å². The van der Waals surface area contributed by atoms with Gasteiger partial charge in [-0.3, -0.25) is 4.57 Å². The molecule has 1 aromatic heterocycles. The Kier molecular flexibility index (Phi) is 6.27. The molecule has 3 heterocycles. The molecule has 2 aliphatic rings. The quantitative estimate of drug-likeness (QED) is 0.673. The van der Waals surface area contributed by atoms with Gasteiger partial charge in [-0.1, -0.05) is 6.92 Å². The van der Waals surface area contributed by atoms with Crippen LogP contribution in [0.4, 0.5) is 10.2 Å². The number of rotatable bonds is 5. The zero-order valence-electron chi connectivity index (χ0n) is 17.9. The lowest BCUT2D eigenvalue weighted by molar-refractivity contribution is -0.0674. The Bertz CT molecular complexity index is 1070. The van der Waals surface area contributed by atoms with Gasteiger partial charge in [0.25, 0.3) is 0 Å². The largest absolute Gasteiger partial charge is 0.490 e. The van der Waals surface area contributed by atoms with Gasteiger partial charge < -0.3 is 24.4 Å². The highest BCUT2D eigenvalue weighted by Crippen LogP contribution is 2.43. The molecule has 32 heavy (non-hydrogen) atoms. The summed E-state index contributed by atoms with van der Waals surface area (Å²) in [4.78, 5) is 21.0. The number of alkyl halides is 1. The molecule has 172 valence electrons. The van der Waals surface area contributed by atoms with E-state index >= 15 is 4.39 Å². The summed E-state index contributed by atoms with van der Waals surface area (Å²) in [5.41, 5.74) is -1.62. The van der Waals surface area contributed by atoms with Crippen LogP contribution in [0.2, 0.25) is 0 Å². The van der Waals surface area contributed by atoms with Crippen LogP contribution in [0.15, 0.2) is 40.2 Å². The summed E-state index contributed by atoms with van der Waals surface area (Å²) in [7, 11) is 0. The molecule has 1 fully saturated rings. The van der Waals surface area contributed by atoms with E-state index in [2.05, 4.69) is 9.98 Å². The average Bonchev–Trinajstić information content (AvgIpc) is 2.94. The van der Waals surface area contributed by atoms with Crippen LogP contribution in [-0.2, 0) is 4.74 Å². The fraction of sp³-hybridized carbons (Fsp3) is 0.500. The Morgan fingerprint density at radius 2 is 2.06 bits per heavy atom. The summed E-state index contributed by atoms with van der Waals surface area (Å²) in [6, 6.07) is 6.94. The van der Waals surface area contributed by atoms with Crippen molar-refractivity contribution in [3.8, 4) is 11.5 Å². The highest BCUT2D eigenvalue weighted by atomic mass is 19.1. The van der Waals surface area contributed by atoms with E-state index in [1.54, 1.807) is 6.92 Å². The van der Waals surface area contributed by atoms with Crippen molar-refractivity contribution in [3.05, 3.63) is 46.5 Å². The minimum atomic E-state index is -2.23. The zero-order valence-corrected chi connectivity index (χ0v) is 17.9. The molecule has 0 bridgehead atoms. The highest BCUT2D eigenvalue weighted by molar-refractivity contribution is 6.00. The summed E-state index contributed by atoms with van der Waals surface area (Å²) in [6.07, 6.45) is -2.07. The molecule has 0 radical (unpaired) electrons. The molecule has 10 heteroatoms. The number of aliphatic imine (C=N–C) groups is 1. The molecule has 0 spiro atoms. The van der Waals surface area contributed by atoms with Crippen LogP contribution in [-0.4, -0.2) is 63.2 Å². The van der Waals surface area contributed by atoms with Crippen LogP contribution >= 0.6 is 0 Å². The van der Waals surface area contributed by atoms with E-state index in [0.717, 1.165) is 16.6 Å². The number of benzene rings is 1. The monoisotopic (exact) mass is 447 g/mol.